The van der Waals surface area contributed by atoms with E-state index < -0.39 is 19.9 Å². The van der Waals surface area contributed by atoms with Crippen LogP contribution in [0, 0.1) is 5.92 Å². The zero-order chi connectivity index (χ0) is 20.5. The summed E-state index contributed by atoms with van der Waals surface area (Å²) >= 11 is 0. The van der Waals surface area contributed by atoms with Gasteiger partial charge in [-0.15, -0.1) is 0 Å². The lowest BCUT2D eigenvalue weighted by molar-refractivity contribution is -0.148. The number of carbonyl (C=O) groups is 1. The highest BCUT2D eigenvalue weighted by molar-refractivity contribution is 7.46. The van der Waals surface area contributed by atoms with Crippen LogP contribution in [-0.2, 0) is 18.6 Å². The molecule has 27 heavy (non-hydrogen) atoms. The Morgan fingerprint density at radius 2 is 1.44 bits per heavy atom. The van der Waals surface area contributed by atoms with Gasteiger partial charge in [-0.3, -0.25) is 4.52 Å². The number of rotatable bonds is 18. The number of carbonyl (C=O) groups excluding carboxylic acids is 1. The second kappa shape index (κ2) is 16.3. The van der Waals surface area contributed by atoms with Gasteiger partial charge in [-0.25, -0.2) is 9.36 Å². The van der Waals surface area contributed by atoms with Gasteiger partial charge in [-0.1, -0.05) is 84.6 Å². The summed E-state index contributed by atoms with van der Waals surface area (Å²) in [5, 5.41) is 0. The summed E-state index contributed by atoms with van der Waals surface area (Å²) in [5.74, 6) is -0.556. The van der Waals surface area contributed by atoms with Crippen LogP contribution in [0.1, 0.15) is 90.9 Å². The number of ether oxygens (including phenoxy) is 1. The van der Waals surface area contributed by atoms with Gasteiger partial charge in [0.1, 0.15) is 6.10 Å². The molecule has 0 rings (SSSR count). The van der Waals surface area contributed by atoms with E-state index in [-0.39, 0.29) is 12.5 Å². The average Bonchev–Trinajstić information content (AvgIpc) is 2.62. The topological polar surface area (TPSA) is 93.1 Å². The molecule has 0 bridgehead atoms. The molecule has 6 nitrogen and oxygen atoms in total. The highest BCUT2D eigenvalue weighted by atomic mass is 31.2. The van der Waals surface area contributed by atoms with Gasteiger partial charge in [0.15, 0.2) is 0 Å². The quantitative estimate of drug-likeness (QED) is 0.135. The van der Waals surface area contributed by atoms with Gasteiger partial charge in [0.25, 0.3) is 0 Å². The third-order valence-electron chi connectivity index (χ3n) is 4.72. The predicted molar refractivity (Wildman–Crippen MR) is 108 cm³/mol. The third kappa shape index (κ3) is 16.0. The van der Waals surface area contributed by atoms with Crippen molar-refractivity contribution in [1.82, 2.24) is 0 Å². The minimum Gasteiger partial charge on any atom is -0.456 e. The van der Waals surface area contributed by atoms with Crippen molar-refractivity contribution < 1.29 is 28.4 Å². The smallest absolute Gasteiger partial charge is 0.456 e. The lowest BCUT2D eigenvalue weighted by Gasteiger charge is -2.27. The van der Waals surface area contributed by atoms with Crippen molar-refractivity contribution in [3.63, 3.8) is 0 Å². The van der Waals surface area contributed by atoms with Crippen molar-refractivity contribution in [3.05, 3.63) is 12.7 Å². The summed E-state index contributed by atoms with van der Waals surface area (Å²) in [6.45, 7) is 7.45. The van der Waals surface area contributed by atoms with Gasteiger partial charge in [0.05, 0.1) is 6.61 Å². The first-order valence-electron chi connectivity index (χ1n) is 10.4. The van der Waals surface area contributed by atoms with Crippen LogP contribution in [0.2, 0.25) is 0 Å². The first kappa shape index (κ1) is 26.3. The van der Waals surface area contributed by atoms with Gasteiger partial charge in [-0.2, -0.15) is 0 Å². The second-order valence-corrected chi connectivity index (χ2v) is 8.37. The summed E-state index contributed by atoms with van der Waals surface area (Å²) in [4.78, 5) is 29.7. The first-order chi connectivity index (χ1) is 12.8. The molecule has 0 aliphatic rings. The summed E-state index contributed by atoms with van der Waals surface area (Å²) < 4.78 is 21.1. The minimum atomic E-state index is -4.61. The van der Waals surface area contributed by atoms with Crippen LogP contribution < -0.4 is 0 Å². The average molecular weight is 407 g/mol. The van der Waals surface area contributed by atoms with Crippen LogP contribution in [0.25, 0.3) is 0 Å². The molecule has 160 valence electrons. The van der Waals surface area contributed by atoms with Gasteiger partial charge in [0, 0.05) is 6.08 Å². The van der Waals surface area contributed by atoms with E-state index in [0.29, 0.717) is 0 Å². The lowest BCUT2D eigenvalue weighted by Crippen LogP contribution is -2.31. The molecule has 0 heterocycles. The monoisotopic (exact) mass is 406 g/mol. The molecule has 1 atom stereocenters. The largest absolute Gasteiger partial charge is 0.469 e. The molecule has 1 unspecified atom stereocenters. The summed E-state index contributed by atoms with van der Waals surface area (Å²) in [5.41, 5.74) is 0. The number of esters is 1. The zero-order valence-electron chi connectivity index (χ0n) is 17.1. The maximum Gasteiger partial charge on any atom is 0.469 e. The van der Waals surface area contributed by atoms with E-state index in [2.05, 4.69) is 25.0 Å². The number of phosphoric acid groups is 1. The highest BCUT2D eigenvalue weighted by Crippen LogP contribution is 2.37. The van der Waals surface area contributed by atoms with Crippen LogP contribution in [0.3, 0.4) is 0 Å². The molecule has 0 spiro atoms. The van der Waals surface area contributed by atoms with E-state index in [4.69, 9.17) is 14.5 Å². The van der Waals surface area contributed by atoms with Gasteiger partial charge >= 0.3 is 13.8 Å². The number of unbranched alkanes of at least 4 members (excludes halogenated alkanes) is 8. The highest BCUT2D eigenvalue weighted by Gasteiger charge is 2.27. The molecular formula is C20H39O6P. The normalized spacial score (nSPS) is 12.9. The summed E-state index contributed by atoms with van der Waals surface area (Å²) in [6.07, 6.45) is 13.5. The van der Waals surface area contributed by atoms with Crippen molar-refractivity contribution in [3.8, 4) is 0 Å². The number of phosphoric ester groups is 1. The molecule has 0 aliphatic carbocycles. The molecule has 0 saturated heterocycles. The fourth-order valence-electron chi connectivity index (χ4n) is 3.17. The van der Waals surface area contributed by atoms with Crippen LogP contribution in [0.15, 0.2) is 12.7 Å². The van der Waals surface area contributed by atoms with Crippen molar-refractivity contribution >= 4 is 13.8 Å². The van der Waals surface area contributed by atoms with Crippen molar-refractivity contribution in [2.75, 3.05) is 6.61 Å². The molecule has 0 aromatic rings. The molecule has 0 amide bonds. The Morgan fingerprint density at radius 3 is 1.85 bits per heavy atom. The molecule has 7 heteroatoms. The van der Waals surface area contributed by atoms with Crippen LogP contribution in [0.4, 0.5) is 0 Å². The Hall–Kier alpha value is -0.680. The van der Waals surface area contributed by atoms with Crippen molar-refractivity contribution in [2.24, 2.45) is 5.92 Å². The second-order valence-electron chi connectivity index (χ2n) is 7.13. The first-order valence-corrected chi connectivity index (χ1v) is 11.9. The van der Waals surface area contributed by atoms with E-state index in [1.165, 1.54) is 38.5 Å². The fraction of sp³-hybridized carbons (Fsp3) is 0.850. The molecule has 0 saturated carbocycles. The Kier molecular flexibility index (Phi) is 15.9. The zero-order valence-corrected chi connectivity index (χ0v) is 18.0. The minimum absolute atomic E-state index is 0.0312. The van der Waals surface area contributed by atoms with E-state index in [0.717, 1.165) is 44.6 Å². The Morgan fingerprint density at radius 1 is 0.963 bits per heavy atom. The molecule has 2 N–H and O–H groups in total. The molecule has 0 aromatic heterocycles. The standard InChI is InChI=1S/C20H39O6P/c1-4-7-9-11-13-15-18(16-14-12-10-8-5-2)19(26-20(21)6-3)17-25-27(22,23)24/h6,18-19H,3-5,7-17H2,1-2H3,(H2,22,23,24). The third-order valence-corrected chi connectivity index (χ3v) is 5.21. The fourth-order valence-corrected chi connectivity index (χ4v) is 3.51. The SMILES string of the molecule is C=CC(=O)OC(COP(=O)(O)O)C(CCCCCCC)CCCCCCC. The molecule has 0 fully saturated rings. The summed E-state index contributed by atoms with van der Waals surface area (Å²) in [7, 11) is -4.61. The lowest BCUT2D eigenvalue weighted by atomic mass is 9.89. The molecule has 0 aliphatic heterocycles. The maximum absolute atomic E-state index is 11.7. The molecule has 0 radical (unpaired) electrons. The van der Waals surface area contributed by atoms with Gasteiger partial charge < -0.3 is 14.5 Å². The number of hydrogen-bond donors (Lipinski definition) is 2. The molecular weight excluding hydrogens is 367 g/mol. The van der Waals surface area contributed by atoms with E-state index in [1.54, 1.807) is 0 Å². The van der Waals surface area contributed by atoms with Crippen LogP contribution >= 0.6 is 7.82 Å². The van der Waals surface area contributed by atoms with Crippen molar-refractivity contribution in [2.45, 2.75) is 97.0 Å². The summed E-state index contributed by atoms with van der Waals surface area (Å²) in [6, 6.07) is 0. The van der Waals surface area contributed by atoms with Crippen LogP contribution in [-0.4, -0.2) is 28.5 Å². The van der Waals surface area contributed by atoms with Gasteiger partial charge in [0.2, 0.25) is 0 Å². The Labute approximate surface area is 165 Å². The molecule has 0 aromatic carbocycles. The van der Waals surface area contributed by atoms with Gasteiger partial charge in [-0.05, 0) is 18.8 Å². The van der Waals surface area contributed by atoms with Crippen molar-refractivity contribution in [1.29, 1.82) is 0 Å². The maximum atomic E-state index is 11.7. The Bertz CT molecular complexity index is 420. The number of hydrogen-bond acceptors (Lipinski definition) is 4. The van der Waals surface area contributed by atoms with E-state index >= 15 is 0 Å². The van der Waals surface area contributed by atoms with Crippen LogP contribution in [0.5, 0.6) is 0 Å². The Balaban J connectivity index is 4.83. The van der Waals surface area contributed by atoms with E-state index in [9.17, 15) is 9.36 Å². The van der Waals surface area contributed by atoms with E-state index in [1.807, 2.05) is 0 Å². The predicted octanol–water partition coefficient (Wildman–Crippen LogP) is 5.53.